The Kier molecular flexibility index (Phi) is 7.97. The fourth-order valence-electron chi connectivity index (χ4n) is 1.33. The van der Waals surface area contributed by atoms with E-state index in [4.69, 9.17) is 10.2 Å². The Morgan fingerprint density at radius 2 is 1.89 bits per heavy atom. The quantitative estimate of drug-likeness (QED) is 0.608. The maximum Gasteiger partial charge on any atom is 0.326 e. The summed E-state index contributed by atoms with van der Waals surface area (Å²) in [6.07, 6.45) is 1.47. The Balaban J connectivity index is 4.45. The molecule has 0 saturated carbocycles. The van der Waals surface area contributed by atoms with Gasteiger partial charge in [0.2, 0.25) is 0 Å². The molecule has 0 aromatic heterocycles. The predicted octanol–water partition coefficient (Wildman–Crippen LogP) is 0.697. The van der Waals surface area contributed by atoms with Gasteiger partial charge in [-0.1, -0.05) is 0 Å². The van der Waals surface area contributed by atoms with Crippen molar-refractivity contribution in [2.45, 2.75) is 31.8 Å². The van der Waals surface area contributed by atoms with Crippen molar-refractivity contribution in [2.24, 2.45) is 0 Å². The third kappa shape index (κ3) is 6.90. The van der Waals surface area contributed by atoms with E-state index >= 15 is 0 Å². The molecule has 110 valence electrons. The van der Waals surface area contributed by atoms with E-state index in [-0.39, 0.29) is 18.9 Å². The molecule has 0 aromatic carbocycles. The molecule has 0 aliphatic rings. The average Bonchev–Trinajstić information content (AvgIpc) is 2.32. The number of hydrogen-bond acceptors (Lipinski definition) is 4. The molecule has 0 saturated heterocycles. The van der Waals surface area contributed by atoms with Crippen molar-refractivity contribution in [1.82, 2.24) is 10.2 Å². The minimum atomic E-state index is -1.24. The van der Waals surface area contributed by atoms with Crippen LogP contribution in [0.15, 0.2) is 0 Å². The molecule has 0 radical (unpaired) electrons. The van der Waals surface area contributed by atoms with E-state index in [1.165, 1.54) is 4.90 Å². The normalized spacial score (nSPS) is 13.4. The minimum absolute atomic E-state index is 0.0380. The smallest absolute Gasteiger partial charge is 0.326 e. The zero-order chi connectivity index (χ0) is 15.0. The summed E-state index contributed by atoms with van der Waals surface area (Å²) in [5, 5.41) is 19.8. The molecule has 0 fully saturated rings. The average molecular weight is 292 g/mol. The van der Waals surface area contributed by atoms with Crippen molar-refractivity contribution in [3.63, 3.8) is 0 Å². The molecule has 7 nitrogen and oxygen atoms in total. The summed E-state index contributed by atoms with van der Waals surface area (Å²) in [5.41, 5.74) is 0. The molecule has 0 heterocycles. The van der Waals surface area contributed by atoms with Gasteiger partial charge in [0.05, 0.1) is 0 Å². The third-order valence-electron chi connectivity index (χ3n) is 2.63. The topological polar surface area (TPSA) is 107 Å². The van der Waals surface area contributed by atoms with Gasteiger partial charge in [-0.05, 0) is 19.6 Å². The predicted molar refractivity (Wildman–Crippen MR) is 72.4 cm³/mol. The second-order valence-electron chi connectivity index (χ2n) is 4.19. The lowest BCUT2D eigenvalue weighted by molar-refractivity contribution is -0.140. The molecule has 0 spiro atoms. The highest BCUT2D eigenvalue weighted by Crippen LogP contribution is 2.05. The van der Waals surface area contributed by atoms with Crippen molar-refractivity contribution in [1.29, 1.82) is 0 Å². The molecular formula is C11H20N2O5S. The molecule has 0 bridgehead atoms. The van der Waals surface area contributed by atoms with Gasteiger partial charge in [-0.2, -0.15) is 11.8 Å². The van der Waals surface area contributed by atoms with E-state index in [9.17, 15) is 14.4 Å². The number of aliphatic carboxylic acids is 2. The first-order valence-corrected chi connectivity index (χ1v) is 7.15. The first-order chi connectivity index (χ1) is 8.79. The van der Waals surface area contributed by atoms with Gasteiger partial charge in [-0.15, -0.1) is 0 Å². The standard InChI is InChI=1S/C11H20N2O5S/c1-7(6-19-3)13(2)11(18)12-8(10(16)17)4-5-9(14)15/h7-8H,4-6H2,1-3H3,(H,12,18)(H,14,15)(H,16,17)/t7?,8-/m0/s1. The lowest BCUT2D eigenvalue weighted by Gasteiger charge is -2.26. The van der Waals surface area contributed by atoms with Crippen molar-refractivity contribution in [3.05, 3.63) is 0 Å². The first-order valence-electron chi connectivity index (χ1n) is 5.76. The van der Waals surface area contributed by atoms with Crippen LogP contribution in [-0.2, 0) is 9.59 Å². The molecule has 0 aromatic rings. The lowest BCUT2D eigenvalue weighted by Crippen LogP contribution is -2.49. The highest BCUT2D eigenvalue weighted by atomic mass is 32.2. The fourth-order valence-corrected chi connectivity index (χ4v) is 2.04. The van der Waals surface area contributed by atoms with Gasteiger partial charge in [-0.3, -0.25) is 4.79 Å². The van der Waals surface area contributed by atoms with E-state index in [1.807, 2.05) is 13.2 Å². The first kappa shape index (κ1) is 17.6. The minimum Gasteiger partial charge on any atom is -0.481 e. The fraction of sp³-hybridized carbons (Fsp3) is 0.727. The number of nitrogens with zero attached hydrogens (tertiary/aromatic N) is 1. The number of hydrogen-bond donors (Lipinski definition) is 3. The second kappa shape index (κ2) is 8.63. The largest absolute Gasteiger partial charge is 0.481 e. The van der Waals surface area contributed by atoms with Crippen LogP contribution in [0.3, 0.4) is 0 Å². The summed E-state index contributed by atoms with van der Waals surface area (Å²) in [6.45, 7) is 1.85. The molecular weight excluding hydrogens is 272 g/mol. The van der Waals surface area contributed by atoms with Gasteiger partial charge in [0.1, 0.15) is 6.04 Å². The number of amides is 2. The van der Waals surface area contributed by atoms with Crippen LogP contribution in [0.2, 0.25) is 0 Å². The Morgan fingerprint density at radius 3 is 2.32 bits per heavy atom. The summed E-state index contributed by atoms with van der Waals surface area (Å²) in [5.74, 6) is -1.60. The Labute approximate surface area is 116 Å². The second-order valence-corrected chi connectivity index (χ2v) is 5.10. The molecule has 2 amide bonds. The zero-order valence-electron chi connectivity index (χ0n) is 11.3. The monoisotopic (exact) mass is 292 g/mol. The summed E-state index contributed by atoms with van der Waals surface area (Å²) in [7, 11) is 1.58. The van der Waals surface area contributed by atoms with E-state index in [2.05, 4.69) is 5.32 Å². The third-order valence-corrected chi connectivity index (χ3v) is 3.45. The van der Waals surface area contributed by atoms with Gasteiger partial charge >= 0.3 is 18.0 Å². The van der Waals surface area contributed by atoms with Gasteiger partial charge in [-0.25, -0.2) is 9.59 Å². The van der Waals surface area contributed by atoms with Crippen molar-refractivity contribution in [2.75, 3.05) is 19.1 Å². The number of carboxylic acids is 2. The van der Waals surface area contributed by atoms with Crippen LogP contribution in [-0.4, -0.2) is 64.2 Å². The molecule has 3 N–H and O–H groups in total. The van der Waals surface area contributed by atoms with Crippen LogP contribution in [0.5, 0.6) is 0 Å². The highest BCUT2D eigenvalue weighted by Gasteiger charge is 2.24. The van der Waals surface area contributed by atoms with E-state index < -0.39 is 24.0 Å². The number of thioether (sulfide) groups is 1. The highest BCUT2D eigenvalue weighted by molar-refractivity contribution is 7.98. The number of carbonyl (C=O) groups excluding carboxylic acids is 1. The zero-order valence-corrected chi connectivity index (χ0v) is 12.1. The number of nitrogens with one attached hydrogen (secondary N) is 1. The van der Waals surface area contributed by atoms with Crippen LogP contribution in [0, 0.1) is 0 Å². The van der Waals surface area contributed by atoms with Crippen LogP contribution in [0.1, 0.15) is 19.8 Å². The summed E-state index contributed by atoms with van der Waals surface area (Å²) >= 11 is 1.58. The molecule has 2 atom stereocenters. The number of carboxylic acid groups (broad SMARTS) is 2. The van der Waals surface area contributed by atoms with E-state index in [0.717, 1.165) is 5.75 Å². The SMILES string of the molecule is CSCC(C)N(C)C(=O)N[C@@H](CCC(=O)O)C(=O)O. The summed E-state index contributed by atoms with van der Waals surface area (Å²) < 4.78 is 0. The molecule has 0 rings (SSSR count). The van der Waals surface area contributed by atoms with Crippen molar-refractivity contribution >= 4 is 29.7 Å². The molecule has 19 heavy (non-hydrogen) atoms. The molecule has 8 heteroatoms. The van der Waals surface area contributed by atoms with Crippen LogP contribution >= 0.6 is 11.8 Å². The Morgan fingerprint density at radius 1 is 1.32 bits per heavy atom. The van der Waals surface area contributed by atoms with Crippen molar-refractivity contribution < 1.29 is 24.6 Å². The number of rotatable bonds is 8. The van der Waals surface area contributed by atoms with Crippen molar-refractivity contribution in [3.8, 4) is 0 Å². The lowest BCUT2D eigenvalue weighted by atomic mass is 10.1. The molecule has 0 aliphatic carbocycles. The van der Waals surface area contributed by atoms with Gasteiger partial charge in [0, 0.05) is 25.3 Å². The van der Waals surface area contributed by atoms with E-state index in [1.54, 1.807) is 18.8 Å². The summed E-state index contributed by atoms with van der Waals surface area (Å²) in [6, 6.07) is -1.74. The van der Waals surface area contributed by atoms with Crippen LogP contribution < -0.4 is 5.32 Å². The number of carbonyl (C=O) groups is 3. The van der Waals surface area contributed by atoms with Crippen LogP contribution in [0.4, 0.5) is 4.79 Å². The Bertz CT molecular complexity index is 337. The number of urea groups is 1. The Hall–Kier alpha value is -1.44. The molecule has 0 aliphatic heterocycles. The van der Waals surface area contributed by atoms with E-state index in [0.29, 0.717) is 0 Å². The van der Waals surface area contributed by atoms with Gasteiger partial charge in [0.15, 0.2) is 0 Å². The summed E-state index contributed by atoms with van der Waals surface area (Å²) in [4.78, 5) is 34.6. The van der Waals surface area contributed by atoms with Gasteiger partial charge < -0.3 is 20.4 Å². The van der Waals surface area contributed by atoms with Gasteiger partial charge in [0.25, 0.3) is 0 Å². The van der Waals surface area contributed by atoms with Crippen LogP contribution in [0.25, 0.3) is 0 Å². The maximum absolute atomic E-state index is 11.8. The molecule has 1 unspecified atom stereocenters. The maximum atomic E-state index is 11.8.